The van der Waals surface area contributed by atoms with Crippen LogP contribution in [-0.4, -0.2) is 46.9 Å². The molecule has 0 saturated carbocycles. The molecule has 24 heavy (non-hydrogen) atoms. The van der Waals surface area contributed by atoms with E-state index in [0.29, 0.717) is 0 Å². The highest BCUT2D eigenvalue weighted by molar-refractivity contribution is 5.83. The van der Waals surface area contributed by atoms with E-state index < -0.39 is 0 Å². The lowest BCUT2D eigenvalue weighted by Crippen LogP contribution is -2.49. The number of hydrogen-bond donors (Lipinski definition) is 0. The standard InChI is InChI=1S/C20H25N3O/c1-2-19(18-8-4-3-5-9-18)20(24)23-13-11-22(12-14-23)16-17-7-6-10-21-15-17/h3-10,15,19H,2,11-14,16H2,1H3. The van der Waals surface area contributed by atoms with Crippen LogP contribution in [0, 0.1) is 0 Å². The second kappa shape index (κ2) is 8.06. The van der Waals surface area contributed by atoms with Gasteiger partial charge in [0.15, 0.2) is 0 Å². The van der Waals surface area contributed by atoms with Gasteiger partial charge in [0.05, 0.1) is 5.92 Å². The number of carbonyl (C=O) groups is 1. The van der Waals surface area contributed by atoms with Gasteiger partial charge in [0.1, 0.15) is 0 Å². The molecule has 3 rings (SSSR count). The maximum Gasteiger partial charge on any atom is 0.230 e. The molecule has 0 aliphatic carbocycles. The molecule has 1 aliphatic rings. The van der Waals surface area contributed by atoms with Crippen LogP contribution in [0.15, 0.2) is 54.9 Å². The number of nitrogens with zero attached hydrogens (tertiary/aromatic N) is 3. The predicted octanol–water partition coefficient (Wildman–Crippen LogP) is 2.92. The second-order valence-electron chi connectivity index (χ2n) is 6.33. The van der Waals surface area contributed by atoms with E-state index in [4.69, 9.17) is 0 Å². The fraction of sp³-hybridized carbons (Fsp3) is 0.400. The zero-order valence-electron chi connectivity index (χ0n) is 14.3. The minimum Gasteiger partial charge on any atom is -0.340 e. The molecule has 2 heterocycles. The van der Waals surface area contributed by atoms with Crippen LogP contribution in [-0.2, 0) is 11.3 Å². The van der Waals surface area contributed by atoms with E-state index in [0.717, 1.165) is 44.7 Å². The molecular formula is C20H25N3O. The van der Waals surface area contributed by atoms with E-state index in [9.17, 15) is 4.79 Å². The molecule has 1 fully saturated rings. The number of pyridine rings is 1. The summed E-state index contributed by atoms with van der Waals surface area (Å²) in [6, 6.07) is 14.2. The quantitative estimate of drug-likeness (QED) is 0.849. The maximum absolute atomic E-state index is 12.9. The number of hydrogen-bond acceptors (Lipinski definition) is 3. The third kappa shape index (κ3) is 4.01. The van der Waals surface area contributed by atoms with Gasteiger partial charge >= 0.3 is 0 Å². The van der Waals surface area contributed by atoms with Crippen molar-refractivity contribution in [2.75, 3.05) is 26.2 Å². The number of carbonyl (C=O) groups excluding carboxylic acids is 1. The topological polar surface area (TPSA) is 36.4 Å². The van der Waals surface area contributed by atoms with Crippen LogP contribution in [0.2, 0.25) is 0 Å². The molecule has 1 aromatic heterocycles. The lowest BCUT2D eigenvalue weighted by Gasteiger charge is -2.36. The van der Waals surface area contributed by atoms with Crippen molar-refractivity contribution in [3.05, 3.63) is 66.0 Å². The van der Waals surface area contributed by atoms with Gasteiger partial charge in [0.2, 0.25) is 5.91 Å². The van der Waals surface area contributed by atoms with E-state index in [1.165, 1.54) is 5.56 Å². The highest BCUT2D eigenvalue weighted by Gasteiger charge is 2.27. The number of benzene rings is 1. The van der Waals surface area contributed by atoms with Gasteiger partial charge < -0.3 is 4.90 Å². The largest absolute Gasteiger partial charge is 0.340 e. The van der Waals surface area contributed by atoms with Gasteiger partial charge in [-0.05, 0) is 23.6 Å². The number of amides is 1. The molecule has 0 spiro atoms. The summed E-state index contributed by atoms with van der Waals surface area (Å²) in [7, 11) is 0. The Bertz CT molecular complexity index is 636. The molecule has 4 nitrogen and oxygen atoms in total. The monoisotopic (exact) mass is 323 g/mol. The zero-order chi connectivity index (χ0) is 16.8. The van der Waals surface area contributed by atoms with E-state index >= 15 is 0 Å². The van der Waals surface area contributed by atoms with E-state index in [1.807, 2.05) is 35.4 Å². The first kappa shape index (κ1) is 16.7. The molecule has 1 unspecified atom stereocenters. The lowest BCUT2D eigenvalue weighted by molar-refractivity contribution is -0.134. The molecular weight excluding hydrogens is 298 g/mol. The van der Waals surface area contributed by atoms with Gasteiger partial charge in [-0.15, -0.1) is 0 Å². The Balaban J connectivity index is 1.56. The Kier molecular flexibility index (Phi) is 5.59. The van der Waals surface area contributed by atoms with Crippen LogP contribution in [0.1, 0.15) is 30.4 Å². The van der Waals surface area contributed by atoms with Crippen molar-refractivity contribution in [2.24, 2.45) is 0 Å². The van der Waals surface area contributed by atoms with Crippen LogP contribution in [0.25, 0.3) is 0 Å². The molecule has 1 aliphatic heterocycles. The normalized spacial score (nSPS) is 16.8. The van der Waals surface area contributed by atoms with E-state index in [2.05, 4.69) is 35.0 Å². The molecule has 1 atom stereocenters. The van der Waals surface area contributed by atoms with Crippen molar-refractivity contribution in [3.63, 3.8) is 0 Å². The molecule has 0 radical (unpaired) electrons. The Labute approximate surface area is 144 Å². The third-order valence-electron chi connectivity index (χ3n) is 4.72. The van der Waals surface area contributed by atoms with Gasteiger partial charge in [-0.1, -0.05) is 43.3 Å². The average Bonchev–Trinajstić information content (AvgIpc) is 2.65. The first-order valence-electron chi connectivity index (χ1n) is 8.73. The molecule has 0 bridgehead atoms. The SMILES string of the molecule is CCC(C(=O)N1CCN(Cc2cccnc2)CC1)c1ccccc1. The molecule has 0 N–H and O–H groups in total. The van der Waals surface area contributed by atoms with Crippen LogP contribution >= 0.6 is 0 Å². The fourth-order valence-corrected chi connectivity index (χ4v) is 3.33. The first-order valence-corrected chi connectivity index (χ1v) is 8.73. The van der Waals surface area contributed by atoms with Gasteiger partial charge in [0, 0.05) is 45.1 Å². The maximum atomic E-state index is 12.9. The van der Waals surface area contributed by atoms with Crippen molar-refractivity contribution in [1.29, 1.82) is 0 Å². The summed E-state index contributed by atoms with van der Waals surface area (Å²) in [6.45, 7) is 6.46. The van der Waals surface area contributed by atoms with Crippen LogP contribution in [0.5, 0.6) is 0 Å². The minimum atomic E-state index is -0.0175. The predicted molar refractivity (Wildman–Crippen MR) is 95.6 cm³/mol. The average molecular weight is 323 g/mol. The fourth-order valence-electron chi connectivity index (χ4n) is 3.33. The second-order valence-corrected chi connectivity index (χ2v) is 6.33. The molecule has 1 amide bonds. The highest BCUT2D eigenvalue weighted by Crippen LogP contribution is 2.22. The van der Waals surface area contributed by atoms with Gasteiger partial charge in [0.25, 0.3) is 0 Å². The van der Waals surface area contributed by atoms with Crippen molar-refractivity contribution < 1.29 is 4.79 Å². The summed E-state index contributed by atoms with van der Waals surface area (Å²) in [5.74, 6) is 0.251. The van der Waals surface area contributed by atoms with Crippen LogP contribution < -0.4 is 0 Å². The smallest absolute Gasteiger partial charge is 0.230 e. The number of aromatic nitrogens is 1. The van der Waals surface area contributed by atoms with Gasteiger partial charge in [-0.2, -0.15) is 0 Å². The van der Waals surface area contributed by atoms with Crippen LogP contribution in [0.3, 0.4) is 0 Å². The zero-order valence-corrected chi connectivity index (χ0v) is 14.3. The Morgan fingerprint density at radius 3 is 2.46 bits per heavy atom. The Morgan fingerprint density at radius 2 is 1.83 bits per heavy atom. The number of piperazine rings is 1. The van der Waals surface area contributed by atoms with Crippen molar-refractivity contribution in [3.8, 4) is 0 Å². The summed E-state index contributed by atoms with van der Waals surface area (Å²) in [5, 5.41) is 0. The highest BCUT2D eigenvalue weighted by atomic mass is 16.2. The summed E-state index contributed by atoms with van der Waals surface area (Å²) >= 11 is 0. The molecule has 1 saturated heterocycles. The molecule has 126 valence electrons. The van der Waals surface area contributed by atoms with Gasteiger partial charge in [-0.3, -0.25) is 14.7 Å². The first-order chi connectivity index (χ1) is 11.8. The van der Waals surface area contributed by atoms with Crippen molar-refractivity contribution in [1.82, 2.24) is 14.8 Å². The lowest BCUT2D eigenvalue weighted by atomic mass is 9.95. The third-order valence-corrected chi connectivity index (χ3v) is 4.72. The van der Waals surface area contributed by atoms with Crippen molar-refractivity contribution >= 4 is 5.91 Å². The van der Waals surface area contributed by atoms with E-state index in [1.54, 1.807) is 6.20 Å². The summed E-state index contributed by atoms with van der Waals surface area (Å²) in [4.78, 5) is 21.5. The number of rotatable bonds is 5. The molecule has 2 aromatic rings. The Morgan fingerprint density at radius 1 is 1.08 bits per heavy atom. The molecule has 4 heteroatoms. The van der Waals surface area contributed by atoms with Gasteiger partial charge in [-0.25, -0.2) is 0 Å². The summed E-state index contributed by atoms with van der Waals surface area (Å²) in [5.41, 5.74) is 2.36. The van der Waals surface area contributed by atoms with Crippen molar-refractivity contribution in [2.45, 2.75) is 25.8 Å². The minimum absolute atomic E-state index is 0.0175. The van der Waals surface area contributed by atoms with E-state index in [-0.39, 0.29) is 11.8 Å². The summed E-state index contributed by atoms with van der Waals surface area (Å²) in [6.07, 6.45) is 4.56. The Hall–Kier alpha value is -2.20. The molecule has 1 aromatic carbocycles. The summed E-state index contributed by atoms with van der Waals surface area (Å²) < 4.78 is 0. The van der Waals surface area contributed by atoms with Crippen LogP contribution in [0.4, 0.5) is 0 Å².